The number of aromatic nitrogens is 2. The van der Waals surface area contributed by atoms with Crippen LogP contribution in [0.3, 0.4) is 0 Å². The van der Waals surface area contributed by atoms with Crippen LogP contribution < -0.4 is 36.5 Å². The molecule has 0 saturated carbocycles. The van der Waals surface area contributed by atoms with Gasteiger partial charge < -0.3 is 66.2 Å². The smallest absolute Gasteiger partial charge is 0.454 e. The Morgan fingerprint density at radius 2 is 1.68 bits per heavy atom. The Bertz CT molecular complexity index is 1900. The Morgan fingerprint density at radius 1 is 0.966 bits per heavy atom. The van der Waals surface area contributed by atoms with Crippen molar-refractivity contribution in [3.05, 3.63) is 42.0 Å². The third kappa shape index (κ3) is 14.2. The minimum atomic E-state index is -5.28. The average molecular weight is 870 g/mol. The number of nitrogens with zero attached hydrogens (tertiary/aromatic N) is 3. The third-order valence-corrected chi connectivity index (χ3v) is 10.4. The number of hydrogen-bond donors (Lipinski definition) is 9. The second-order valence-corrected chi connectivity index (χ2v) is 16.2. The van der Waals surface area contributed by atoms with Crippen molar-refractivity contribution in [2.24, 2.45) is 11.7 Å². The monoisotopic (exact) mass is 869 g/mol. The summed E-state index contributed by atoms with van der Waals surface area (Å²) in [5.74, 6) is -6.43. The zero-order valence-electron chi connectivity index (χ0n) is 32.3. The van der Waals surface area contributed by atoms with Crippen LogP contribution in [-0.4, -0.2) is 151 Å². The zero-order valence-corrected chi connectivity index (χ0v) is 34.0. The van der Waals surface area contributed by atoms with Crippen LogP contribution in [0.5, 0.6) is 11.5 Å². The fourth-order valence-corrected chi connectivity index (χ4v) is 7.41. The Labute approximate surface area is 342 Å². The van der Waals surface area contributed by atoms with E-state index in [0.29, 0.717) is 22.8 Å². The summed E-state index contributed by atoms with van der Waals surface area (Å²) in [4.78, 5) is 123. The van der Waals surface area contributed by atoms with Crippen molar-refractivity contribution in [1.82, 2.24) is 41.0 Å². The van der Waals surface area contributed by atoms with E-state index in [9.17, 15) is 53.0 Å². The fraction of sp³-hybridized carbons (Fsp3) is 0.529. The number of H-pyrrole nitrogens is 1. The van der Waals surface area contributed by atoms with Crippen molar-refractivity contribution in [1.29, 1.82) is 0 Å². The van der Waals surface area contributed by atoms with Gasteiger partial charge in [0, 0.05) is 37.2 Å². The molecular formula is C34H48N9O14PS. The number of imidazole rings is 1. The molecule has 1 saturated heterocycles. The Balaban J connectivity index is 1.72. The molecule has 0 aliphatic carbocycles. The normalized spacial score (nSPS) is 22.6. The summed E-state index contributed by atoms with van der Waals surface area (Å²) in [6.07, 6.45) is 0.708. The van der Waals surface area contributed by atoms with Gasteiger partial charge in [-0.25, -0.2) is 9.55 Å². The number of aromatic amines is 1. The summed E-state index contributed by atoms with van der Waals surface area (Å²) in [5.41, 5.74) is 6.50. The molecule has 5 atom stereocenters. The number of rotatable bonds is 11. The molecule has 0 unspecified atom stereocenters. The largest absolute Gasteiger partial charge is 0.469 e. The molecule has 25 heteroatoms. The van der Waals surface area contributed by atoms with Crippen LogP contribution in [0.4, 0.5) is 0 Å². The first-order valence-corrected chi connectivity index (χ1v) is 20.9. The fourth-order valence-electron chi connectivity index (χ4n) is 5.89. The number of fused-ring (bicyclic) bond motifs is 1. The Kier molecular flexibility index (Phi) is 16.6. The minimum absolute atomic E-state index is 0.00446. The van der Waals surface area contributed by atoms with Gasteiger partial charge in [-0.2, -0.15) is 0 Å². The number of carbonyl (C=O) groups excluding carboxylic acids is 7. The zero-order chi connectivity index (χ0) is 43.4. The van der Waals surface area contributed by atoms with Crippen LogP contribution in [0.1, 0.15) is 32.0 Å². The molecule has 7 amide bonds. The molecule has 2 aliphatic rings. The quantitative estimate of drug-likeness (QED) is 0.101. The van der Waals surface area contributed by atoms with E-state index in [1.165, 1.54) is 22.3 Å². The van der Waals surface area contributed by atoms with E-state index >= 15 is 0 Å². The number of primary amides is 1. The first-order chi connectivity index (χ1) is 27.8. The average Bonchev–Trinajstić information content (AvgIpc) is 3.85. The number of aliphatic hydroxyl groups excluding tert-OH is 1. The molecule has 0 spiro atoms. The van der Waals surface area contributed by atoms with Gasteiger partial charge in [0.2, 0.25) is 48.1 Å². The highest BCUT2D eigenvalue weighted by Crippen LogP contribution is 2.38. The molecule has 1 aromatic carbocycles. The van der Waals surface area contributed by atoms with Gasteiger partial charge in [0.1, 0.15) is 30.7 Å². The van der Waals surface area contributed by atoms with Gasteiger partial charge in [-0.3, -0.25) is 38.1 Å². The van der Waals surface area contributed by atoms with Gasteiger partial charge >= 0.3 is 7.82 Å². The van der Waals surface area contributed by atoms with Crippen LogP contribution >= 0.6 is 19.6 Å². The van der Waals surface area contributed by atoms with Crippen LogP contribution in [0, 0.1) is 5.92 Å². The number of aliphatic hydroxyl groups is 1. The topological polar surface area (TPSA) is 334 Å². The molecule has 3 heterocycles. The summed E-state index contributed by atoms with van der Waals surface area (Å²) >= 11 is 0.854. The number of nitrogens with two attached hydrogens (primary N) is 1. The lowest BCUT2D eigenvalue weighted by Gasteiger charge is -2.29. The summed E-state index contributed by atoms with van der Waals surface area (Å²) in [6, 6.07) is -1.77. The van der Waals surface area contributed by atoms with Gasteiger partial charge in [-0.05, 0) is 30.5 Å². The Hall–Kier alpha value is -5.26. The van der Waals surface area contributed by atoms with E-state index in [0.717, 1.165) is 18.7 Å². The molecule has 10 N–H and O–H groups in total. The first kappa shape index (κ1) is 46.4. The maximum Gasteiger partial charge on any atom is 0.469 e. The number of benzene rings is 1. The highest BCUT2D eigenvalue weighted by atomic mass is 32.2. The van der Waals surface area contributed by atoms with Gasteiger partial charge in [-0.15, -0.1) is 11.8 Å². The van der Waals surface area contributed by atoms with Crippen molar-refractivity contribution in [3.63, 3.8) is 0 Å². The van der Waals surface area contributed by atoms with Crippen LogP contribution in [-0.2, 0) is 55.6 Å². The number of amides is 7. The number of phosphoric acid groups is 1. The lowest BCUT2D eigenvalue weighted by Crippen LogP contribution is -2.62. The second-order valence-electron chi connectivity index (χ2n) is 14.0. The molecule has 1 fully saturated rings. The lowest BCUT2D eigenvalue weighted by molar-refractivity contribution is -0.142. The predicted octanol–water partition coefficient (Wildman–Crippen LogP) is -3.14. The van der Waals surface area contributed by atoms with Crippen molar-refractivity contribution in [2.45, 2.75) is 64.0 Å². The third-order valence-electron chi connectivity index (χ3n) is 8.73. The SMILES string of the molecule is CC(C)CN1CC(=O)N[C@@H](Cc2cnc[nH]2)C(=O)N[C@@H](CO)C(=O)N[C@@H]([C@@H](C)OP(=O)(O)O)C(=O)N[C@@H](C(N)=O)CSCC(=O)N(Cc2ccc3c(c2)OCO3)CC1=O. The van der Waals surface area contributed by atoms with Gasteiger partial charge in [0.15, 0.2) is 11.5 Å². The van der Waals surface area contributed by atoms with Crippen molar-refractivity contribution >= 4 is 60.9 Å². The maximum absolute atomic E-state index is 14.0. The number of nitrogens with one attached hydrogen (secondary N) is 5. The molecule has 324 valence electrons. The van der Waals surface area contributed by atoms with E-state index in [2.05, 4.69) is 35.8 Å². The minimum Gasteiger partial charge on any atom is -0.454 e. The number of hydrogen-bond acceptors (Lipinski definition) is 14. The molecule has 2 aliphatic heterocycles. The van der Waals surface area contributed by atoms with Crippen LogP contribution in [0.15, 0.2) is 30.7 Å². The highest BCUT2D eigenvalue weighted by molar-refractivity contribution is 8.00. The predicted molar refractivity (Wildman–Crippen MR) is 206 cm³/mol. The summed E-state index contributed by atoms with van der Waals surface area (Å²) in [5, 5.41) is 19.4. The molecule has 2 aromatic rings. The van der Waals surface area contributed by atoms with Gasteiger partial charge in [0.05, 0.1) is 31.3 Å². The van der Waals surface area contributed by atoms with Gasteiger partial charge in [0.25, 0.3) is 0 Å². The number of carbonyl (C=O) groups is 7. The summed E-state index contributed by atoms with van der Waals surface area (Å²) in [6.45, 7) is 2.49. The molecule has 0 bridgehead atoms. The molecule has 0 radical (unpaired) electrons. The van der Waals surface area contributed by atoms with E-state index in [4.69, 9.17) is 15.2 Å². The standard InChI is InChI=1S/C34H48N9O14PS/c1-18(2)9-42-11-27(45)38-22(7-21-8-36-16-37-21)32(49)39-23(13-44)33(50)41-30(19(3)57-58(52,53)54)34(51)40-24(31(35)48)14-59-15-29(47)43(12-28(42)46)10-20-4-5-25-26(6-20)56-17-55-25/h4-6,8,16,18-19,22-24,30,44H,7,9-15,17H2,1-3H3,(H2,35,48)(H,36,37)(H,38,45)(H,39,49)(H,40,51)(H,41,50)(H2,52,53,54)/t19-,22+,23+,24-,30+/m1/s1. The molecule has 4 rings (SSSR count). The number of phosphoric ester groups is 1. The lowest BCUT2D eigenvalue weighted by atomic mass is 10.1. The Morgan fingerprint density at radius 3 is 2.32 bits per heavy atom. The highest BCUT2D eigenvalue weighted by Gasteiger charge is 2.37. The maximum atomic E-state index is 14.0. The number of thioether (sulfide) groups is 1. The molecule has 1 aromatic heterocycles. The first-order valence-electron chi connectivity index (χ1n) is 18.2. The van der Waals surface area contributed by atoms with E-state index in [1.807, 2.05) is 13.8 Å². The van der Waals surface area contributed by atoms with Crippen molar-refractivity contribution < 1.29 is 67.0 Å². The number of ether oxygens (including phenoxy) is 2. The van der Waals surface area contributed by atoms with Crippen molar-refractivity contribution in [2.75, 3.05) is 44.5 Å². The van der Waals surface area contributed by atoms with E-state index < -0.39 is 99.1 Å². The molecular weight excluding hydrogens is 821 g/mol. The molecule has 23 nitrogen and oxygen atoms in total. The van der Waals surface area contributed by atoms with Gasteiger partial charge in [-0.1, -0.05) is 19.9 Å². The van der Waals surface area contributed by atoms with Crippen LogP contribution in [0.2, 0.25) is 0 Å². The van der Waals surface area contributed by atoms with Crippen LogP contribution in [0.25, 0.3) is 0 Å². The second kappa shape index (κ2) is 21.1. The summed E-state index contributed by atoms with van der Waals surface area (Å²) < 4.78 is 27.2. The van der Waals surface area contributed by atoms with Crippen molar-refractivity contribution in [3.8, 4) is 11.5 Å². The summed E-state index contributed by atoms with van der Waals surface area (Å²) in [7, 11) is -5.28. The molecule has 59 heavy (non-hydrogen) atoms. The van der Waals surface area contributed by atoms with E-state index in [-0.39, 0.29) is 43.7 Å². The van der Waals surface area contributed by atoms with E-state index in [1.54, 1.807) is 18.2 Å².